The van der Waals surface area contributed by atoms with E-state index >= 15 is 0 Å². The predicted octanol–water partition coefficient (Wildman–Crippen LogP) is 13.2. The first-order chi connectivity index (χ1) is 31.7. The molecule has 12 rings (SSSR count). The lowest BCUT2D eigenvalue weighted by atomic mass is 10.0. The van der Waals surface area contributed by atoms with Gasteiger partial charge in [0.05, 0.1) is 11.0 Å². The fraction of sp³-hybridized carbons (Fsp3) is 0. The number of nitrogens with zero attached hydrogens (tertiary/aromatic N) is 2. The molecule has 4 heteroatoms. The van der Waals surface area contributed by atoms with Crippen LogP contribution in [0.4, 0.5) is 17.1 Å². The molecule has 2 heterocycles. The molecule has 12 aromatic rings. The predicted molar refractivity (Wildman–Crippen MR) is 272 cm³/mol. The van der Waals surface area contributed by atoms with E-state index in [1.54, 1.807) is 0 Å². The van der Waals surface area contributed by atoms with Gasteiger partial charge in [-0.3, -0.25) is 0 Å². The Hall–Kier alpha value is -8.18. The number of hydrogen-bond acceptors (Lipinski definition) is 2. The van der Waals surface area contributed by atoms with Gasteiger partial charge in [0.1, 0.15) is 11.2 Å². The van der Waals surface area contributed by atoms with E-state index in [-0.39, 0.29) is 0 Å². The van der Waals surface area contributed by atoms with Crippen LogP contribution in [0, 0.1) is 0 Å². The van der Waals surface area contributed by atoms with Gasteiger partial charge in [-0.05, 0) is 111 Å². The number of para-hydroxylation sites is 3. The van der Waals surface area contributed by atoms with Gasteiger partial charge in [0.25, 0.3) is 0 Å². The van der Waals surface area contributed by atoms with Crippen molar-refractivity contribution in [3.8, 4) is 16.8 Å². The highest BCUT2D eigenvalue weighted by atomic mass is 28.3. The standard InChI is InChI=1S/C60H42N2OSi/c1-4-16-49(17-5-1)64(50-18-6-2-7-19-50,51-20-8-3-9-21-51)52-39-37-47(38-40-52)61(45-31-28-43(29-32-45)44-30-41-60-56(42-44)55-24-12-15-27-59(55)63-60)46-33-35-48(36-34-46)62-57-25-13-10-22-53(57)54-23-11-14-26-58(54)62/h1-42H. The topological polar surface area (TPSA) is 21.3 Å². The van der Waals surface area contributed by atoms with E-state index in [1.807, 2.05) is 12.1 Å². The Morgan fingerprint density at radius 2 is 0.719 bits per heavy atom. The number of hydrogen-bond donors (Lipinski definition) is 0. The van der Waals surface area contributed by atoms with Crippen molar-refractivity contribution >= 4 is 89.6 Å². The molecular weight excluding hydrogens is 793 g/mol. The van der Waals surface area contributed by atoms with E-state index in [9.17, 15) is 0 Å². The first-order valence-corrected chi connectivity index (χ1v) is 23.9. The summed E-state index contributed by atoms with van der Waals surface area (Å²) < 4.78 is 8.54. The summed E-state index contributed by atoms with van der Waals surface area (Å²) in [7, 11) is -2.70. The monoisotopic (exact) mass is 834 g/mol. The average molecular weight is 835 g/mol. The second-order valence-corrected chi connectivity index (χ2v) is 20.3. The van der Waals surface area contributed by atoms with Gasteiger partial charge in [-0.25, -0.2) is 0 Å². The second kappa shape index (κ2) is 15.6. The van der Waals surface area contributed by atoms with E-state index in [4.69, 9.17) is 4.42 Å². The van der Waals surface area contributed by atoms with Crippen LogP contribution in [0.5, 0.6) is 0 Å². The van der Waals surface area contributed by atoms with Crippen molar-refractivity contribution in [2.45, 2.75) is 0 Å². The first-order valence-electron chi connectivity index (χ1n) is 21.9. The van der Waals surface area contributed by atoms with E-state index < -0.39 is 8.07 Å². The molecule has 0 amide bonds. The zero-order chi connectivity index (χ0) is 42.5. The van der Waals surface area contributed by atoms with Crippen molar-refractivity contribution in [3.05, 3.63) is 255 Å². The molecule has 64 heavy (non-hydrogen) atoms. The van der Waals surface area contributed by atoms with Crippen LogP contribution in [-0.4, -0.2) is 12.6 Å². The highest BCUT2D eigenvalue weighted by Crippen LogP contribution is 2.39. The van der Waals surface area contributed by atoms with Gasteiger partial charge in [-0.1, -0.05) is 176 Å². The molecular formula is C60H42N2OSi. The molecule has 3 nitrogen and oxygen atoms in total. The van der Waals surface area contributed by atoms with Crippen LogP contribution < -0.4 is 25.6 Å². The Morgan fingerprint density at radius 3 is 1.27 bits per heavy atom. The summed E-state index contributed by atoms with van der Waals surface area (Å²) >= 11 is 0. The Bertz CT molecular complexity index is 3430. The Labute approximate surface area is 373 Å². The SMILES string of the molecule is c1ccc([Si](c2ccccc2)(c2ccccc2)c2ccc(N(c3ccc(-c4ccc5oc6ccccc6c5c4)cc3)c3ccc(-n4c5ccccc5c5ccccc54)cc3)cc2)cc1. The zero-order valence-corrected chi connectivity index (χ0v) is 36.1. The summed E-state index contributed by atoms with van der Waals surface area (Å²) in [5, 5.41) is 10.2. The number of aromatic nitrogens is 1. The minimum atomic E-state index is -2.70. The molecule has 302 valence electrons. The molecule has 0 N–H and O–H groups in total. The molecule has 0 spiro atoms. The van der Waals surface area contributed by atoms with Crippen LogP contribution in [0.1, 0.15) is 0 Å². The van der Waals surface area contributed by atoms with Crippen molar-refractivity contribution in [3.63, 3.8) is 0 Å². The van der Waals surface area contributed by atoms with Crippen molar-refractivity contribution in [2.24, 2.45) is 0 Å². The molecule has 2 aromatic heterocycles. The third kappa shape index (κ3) is 6.18. The lowest BCUT2D eigenvalue weighted by Crippen LogP contribution is -2.74. The third-order valence-electron chi connectivity index (χ3n) is 13.0. The minimum absolute atomic E-state index is 0.902. The highest BCUT2D eigenvalue weighted by Gasteiger charge is 2.41. The lowest BCUT2D eigenvalue weighted by molar-refractivity contribution is 0.669. The van der Waals surface area contributed by atoms with Gasteiger partial charge >= 0.3 is 0 Å². The van der Waals surface area contributed by atoms with Crippen LogP contribution in [-0.2, 0) is 0 Å². The summed E-state index contributed by atoms with van der Waals surface area (Å²) in [5.41, 5.74) is 10.9. The number of benzene rings is 10. The Morgan fingerprint density at radius 1 is 0.312 bits per heavy atom. The van der Waals surface area contributed by atoms with Crippen LogP contribution >= 0.6 is 0 Å². The molecule has 10 aromatic carbocycles. The molecule has 0 aliphatic rings. The molecule has 0 fully saturated rings. The summed E-state index contributed by atoms with van der Waals surface area (Å²) in [5.74, 6) is 0. The normalized spacial score (nSPS) is 11.8. The van der Waals surface area contributed by atoms with Crippen molar-refractivity contribution < 1.29 is 4.42 Å². The number of rotatable bonds is 9. The van der Waals surface area contributed by atoms with Crippen molar-refractivity contribution in [2.75, 3.05) is 4.90 Å². The molecule has 0 saturated carbocycles. The van der Waals surface area contributed by atoms with Crippen molar-refractivity contribution in [1.29, 1.82) is 0 Å². The van der Waals surface area contributed by atoms with E-state index in [0.29, 0.717) is 0 Å². The molecule has 0 unspecified atom stereocenters. The molecule has 0 bridgehead atoms. The second-order valence-electron chi connectivity index (χ2n) is 16.5. The Kier molecular flexibility index (Phi) is 9.17. The largest absolute Gasteiger partial charge is 0.456 e. The molecule has 0 aliphatic carbocycles. The molecule has 0 radical (unpaired) electrons. The molecule has 0 atom stereocenters. The molecule has 0 aliphatic heterocycles. The minimum Gasteiger partial charge on any atom is -0.456 e. The highest BCUT2D eigenvalue weighted by molar-refractivity contribution is 7.19. The summed E-state index contributed by atoms with van der Waals surface area (Å²) in [6.07, 6.45) is 0. The van der Waals surface area contributed by atoms with Gasteiger partial charge in [-0.15, -0.1) is 0 Å². The van der Waals surface area contributed by atoms with Gasteiger partial charge in [0.15, 0.2) is 8.07 Å². The van der Waals surface area contributed by atoms with Gasteiger partial charge in [0.2, 0.25) is 0 Å². The maximum atomic E-state index is 6.16. The van der Waals surface area contributed by atoms with Crippen LogP contribution in [0.15, 0.2) is 259 Å². The smallest absolute Gasteiger partial charge is 0.179 e. The first kappa shape index (κ1) is 37.6. The zero-order valence-electron chi connectivity index (χ0n) is 35.1. The summed E-state index contributed by atoms with van der Waals surface area (Å²) in [4.78, 5) is 2.38. The number of fused-ring (bicyclic) bond motifs is 6. The maximum absolute atomic E-state index is 6.16. The fourth-order valence-electron chi connectivity index (χ4n) is 10.0. The van der Waals surface area contributed by atoms with Crippen molar-refractivity contribution in [1.82, 2.24) is 4.57 Å². The van der Waals surface area contributed by atoms with E-state index in [2.05, 4.69) is 252 Å². The van der Waals surface area contributed by atoms with Gasteiger partial charge in [-0.2, -0.15) is 0 Å². The summed E-state index contributed by atoms with van der Waals surface area (Å²) in [6.45, 7) is 0. The molecule has 0 saturated heterocycles. The van der Waals surface area contributed by atoms with Crippen LogP contribution in [0.3, 0.4) is 0 Å². The average Bonchev–Trinajstić information content (AvgIpc) is 3.92. The third-order valence-corrected chi connectivity index (χ3v) is 17.8. The summed E-state index contributed by atoms with van der Waals surface area (Å²) in [6, 6.07) is 92.9. The van der Waals surface area contributed by atoms with Gasteiger partial charge in [0, 0.05) is 44.3 Å². The fourth-order valence-corrected chi connectivity index (χ4v) is 14.8. The van der Waals surface area contributed by atoms with Gasteiger partial charge < -0.3 is 13.9 Å². The van der Waals surface area contributed by atoms with E-state index in [0.717, 1.165) is 55.8 Å². The lowest BCUT2D eigenvalue weighted by Gasteiger charge is -2.35. The Balaban J connectivity index is 0.995. The number of anilines is 3. The van der Waals surface area contributed by atoms with Crippen LogP contribution in [0.2, 0.25) is 0 Å². The van der Waals surface area contributed by atoms with Crippen LogP contribution in [0.25, 0.3) is 60.6 Å². The maximum Gasteiger partial charge on any atom is 0.179 e. The number of furan rings is 1. The quantitative estimate of drug-likeness (QED) is 0.107. The van der Waals surface area contributed by atoms with E-state index in [1.165, 1.54) is 42.6 Å².